The second-order valence-electron chi connectivity index (χ2n) is 4.60. The Kier molecular flexibility index (Phi) is 4.45. The van der Waals surface area contributed by atoms with Crippen LogP contribution in [-0.2, 0) is 9.59 Å². The van der Waals surface area contributed by atoms with Crippen molar-refractivity contribution in [3.05, 3.63) is 0 Å². The maximum atomic E-state index is 12.2. The zero-order valence-electron chi connectivity index (χ0n) is 9.99. The number of nitrogens with two attached hydrogens (primary N) is 2. The van der Waals surface area contributed by atoms with Gasteiger partial charge in [0.2, 0.25) is 11.8 Å². The van der Waals surface area contributed by atoms with Gasteiger partial charge in [-0.05, 0) is 19.8 Å². The van der Waals surface area contributed by atoms with Crippen LogP contribution >= 0.6 is 12.2 Å². The summed E-state index contributed by atoms with van der Waals surface area (Å²) in [5.41, 5.74) is 10.0. The van der Waals surface area contributed by atoms with Crippen LogP contribution in [0.3, 0.4) is 0 Å². The van der Waals surface area contributed by atoms with Gasteiger partial charge < -0.3 is 16.8 Å². The van der Waals surface area contributed by atoms with Crippen LogP contribution in [-0.4, -0.2) is 22.8 Å². The van der Waals surface area contributed by atoms with Crippen LogP contribution in [0.5, 0.6) is 0 Å². The standard InChI is InChI=1S/C11H19N3O2S/c1-7(8(12)15)14-10(16)11(9(13)17)5-3-2-4-6-11/h7H,2-6H2,1H3,(H2,12,15)(H2,13,17)(H,14,16). The van der Waals surface area contributed by atoms with Gasteiger partial charge in [0.15, 0.2) is 0 Å². The minimum Gasteiger partial charge on any atom is -0.392 e. The minimum atomic E-state index is -0.794. The summed E-state index contributed by atoms with van der Waals surface area (Å²) in [6, 6.07) is -0.698. The molecule has 0 aromatic heterocycles. The van der Waals surface area contributed by atoms with Gasteiger partial charge in [-0.1, -0.05) is 31.5 Å². The molecule has 1 rings (SSSR count). The zero-order valence-corrected chi connectivity index (χ0v) is 10.8. The molecule has 1 atom stereocenters. The van der Waals surface area contributed by atoms with E-state index in [4.69, 9.17) is 23.7 Å². The molecule has 1 saturated carbocycles. The van der Waals surface area contributed by atoms with E-state index < -0.39 is 17.4 Å². The molecule has 17 heavy (non-hydrogen) atoms. The highest BCUT2D eigenvalue weighted by Crippen LogP contribution is 2.37. The molecule has 0 aliphatic heterocycles. The number of primary amides is 1. The number of carbonyl (C=O) groups excluding carboxylic acids is 2. The van der Waals surface area contributed by atoms with Crippen molar-refractivity contribution >= 4 is 29.0 Å². The third kappa shape index (κ3) is 2.94. The smallest absolute Gasteiger partial charge is 0.239 e. The molecular formula is C11H19N3O2S. The van der Waals surface area contributed by atoms with Gasteiger partial charge in [0, 0.05) is 0 Å². The lowest BCUT2D eigenvalue weighted by atomic mass is 9.73. The van der Waals surface area contributed by atoms with E-state index in [1.807, 2.05) is 0 Å². The lowest BCUT2D eigenvalue weighted by Crippen LogP contribution is -2.54. The predicted molar refractivity (Wildman–Crippen MR) is 69.1 cm³/mol. The molecule has 1 unspecified atom stereocenters. The van der Waals surface area contributed by atoms with Gasteiger partial charge in [-0.25, -0.2) is 0 Å². The van der Waals surface area contributed by atoms with E-state index in [0.29, 0.717) is 12.8 Å². The Balaban J connectivity index is 2.80. The highest BCUT2D eigenvalue weighted by Gasteiger charge is 2.42. The maximum absolute atomic E-state index is 12.2. The molecule has 5 N–H and O–H groups in total. The first-order chi connectivity index (χ1) is 7.90. The Morgan fingerprint density at radius 1 is 1.24 bits per heavy atom. The third-order valence-corrected chi connectivity index (χ3v) is 3.78. The number of nitrogens with one attached hydrogen (secondary N) is 1. The van der Waals surface area contributed by atoms with Gasteiger partial charge in [-0.3, -0.25) is 9.59 Å². The van der Waals surface area contributed by atoms with Crippen molar-refractivity contribution in [3.63, 3.8) is 0 Å². The first-order valence-electron chi connectivity index (χ1n) is 5.80. The van der Waals surface area contributed by atoms with Gasteiger partial charge in [0.1, 0.15) is 6.04 Å². The SMILES string of the molecule is CC(NC(=O)C1(C(N)=S)CCCCC1)C(N)=O. The van der Waals surface area contributed by atoms with Crippen LogP contribution in [0.15, 0.2) is 0 Å². The molecule has 1 aliphatic rings. The summed E-state index contributed by atoms with van der Waals surface area (Å²) < 4.78 is 0. The van der Waals surface area contributed by atoms with Gasteiger partial charge >= 0.3 is 0 Å². The van der Waals surface area contributed by atoms with Crippen LogP contribution in [0.1, 0.15) is 39.0 Å². The highest BCUT2D eigenvalue weighted by atomic mass is 32.1. The molecule has 0 bridgehead atoms. The van der Waals surface area contributed by atoms with E-state index in [1.54, 1.807) is 6.92 Å². The first kappa shape index (κ1) is 13.9. The summed E-state index contributed by atoms with van der Waals surface area (Å²) in [7, 11) is 0. The van der Waals surface area contributed by atoms with Crippen LogP contribution in [0, 0.1) is 5.41 Å². The van der Waals surface area contributed by atoms with Crippen molar-refractivity contribution in [2.24, 2.45) is 16.9 Å². The summed E-state index contributed by atoms with van der Waals surface area (Å²) in [5.74, 6) is -0.830. The fourth-order valence-corrected chi connectivity index (χ4v) is 2.44. The number of hydrogen-bond donors (Lipinski definition) is 3. The largest absolute Gasteiger partial charge is 0.392 e. The summed E-state index contributed by atoms with van der Waals surface area (Å²) >= 11 is 5.02. The second kappa shape index (κ2) is 5.44. The van der Waals surface area contributed by atoms with E-state index in [9.17, 15) is 9.59 Å². The van der Waals surface area contributed by atoms with E-state index in [2.05, 4.69) is 5.32 Å². The van der Waals surface area contributed by atoms with Crippen molar-refractivity contribution in [2.45, 2.75) is 45.1 Å². The van der Waals surface area contributed by atoms with Crippen molar-refractivity contribution in [2.75, 3.05) is 0 Å². The minimum absolute atomic E-state index is 0.214. The molecule has 96 valence electrons. The Labute approximate surface area is 106 Å². The van der Waals surface area contributed by atoms with Gasteiger partial charge in [0.25, 0.3) is 0 Å². The van der Waals surface area contributed by atoms with E-state index in [-0.39, 0.29) is 10.9 Å². The van der Waals surface area contributed by atoms with Crippen molar-refractivity contribution in [1.82, 2.24) is 5.32 Å². The van der Waals surface area contributed by atoms with Gasteiger partial charge in [-0.2, -0.15) is 0 Å². The normalized spacial score (nSPS) is 20.3. The second-order valence-corrected chi connectivity index (χ2v) is 5.04. The van der Waals surface area contributed by atoms with E-state index in [1.165, 1.54) is 0 Å². The quantitative estimate of drug-likeness (QED) is 0.627. The monoisotopic (exact) mass is 257 g/mol. The van der Waals surface area contributed by atoms with Crippen LogP contribution in [0.25, 0.3) is 0 Å². The fraction of sp³-hybridized carbons (Fsp3) is 0.727. The molecule has 0 aromatic rings. The molecule has 0 radical (unpaired) electrons. The number of hydrogen-bond acceptors (Lipinski definition) is 3. The Morgan fingerprint density at radius 3 is 2.18 bits per heavy atom. The van der Waals surface area contributed by atoms with Crippen molar-refractivity contribution < 1.29 is 9.59 Å². The number of thiocarbonyl (C=S) groups is 1. The third-order valence-electron chi connectivity index (χ3n) is 3.39. The summed E-state index contributed by atoms with van der Waals surface area (Å²) in [6.07, 6.45) is 4.24. The van der Waals surface area contributed by atoms with Crippen molar-refractivity contribution in [3.8, 4) is 0 Å². The molecule has 0 heterocycles. The molecule has 5 nitrogen and oxygen atoms in total. The molecule has 0 aromatic carbocycles. The Hall–Kier alpha value is -1.17. The molecule has 0 saturated heterocycles. The number of amides is 2. The highest BCUT2D eigenvalue weighted by molar-refractivity contribution is 7.80. The van der Waals surface area contributed by atoms with E-state index >= 15 is 0 Å². The molecule has 0 spiro atoms. The maximum Gasteiger partial charge on any atom is 0.239 e. The molecular weight excluding hydrogens is 238 g/mol. The summed E-state index contributed by atoms with van der Waals surface area (Å²) in [6.45, 7) is 1.55. The first-order valence-corrected chi connectivity index (χ1v) is 6.21. The summed E-state index contributed by atoms with van der Waals surface area (Å²) in [4.78, 5) is 23.3. The predicted octanol–water partition coefficient (Wildman–Crippen LogP) is 0.213. The van der Waals surface area contributed by atoms with Crippen LogP contribution < -0.4 is 16.8 Å². The van der Waals surface area contributed by atoms with Gasteiger partial charge in [-0.15, -0.1) is 0 Å². The van der Waals surface area contributed by atoms with Crippen molar-refractivity contribution in [1.29, 1.82) is 0 Å². The molecule has 1 fully saturated rings. The van der Waals surface area contributed by atoms with Gasteiger partial charge in [0.05, 0.1) is 10.4 Å². The lowest BCUT2D eigenvalue weighted by molar-refractivity contribution is -0.132. The van der Waals surface area contributed by atoms with Crippen LogP contribution in [0.4, 0.5) is 0 Å². The molecule has 1 aliphatic carbocycles. The fourth-order valence-electron chi connectivity index (χ4n) is 2.15. The van der Waals surface area contributed by atoms with E-state index in [0.717, 1.165) is 19.3 Å². The summed E-state index contributed by atoms with van der Waals surface area (Å²) in [5, 5.41) is 2.59. The average Bonchev–Trinajstić information content (AvgIpc) is 2.29. The Morgan fingerprint density at radius 2 is 1.76 bits per heavy atom. The lowest BCUT2D eigenvalue weighted by Gasteiger charge is -2.35. The average molecular weight is 257 g/mol. The molecule has 6 heteroatoms. The van der Waals surface area contributed by atoms with Crippen LogP contribution in [0.2, 0.25) is 0 Å². The number of rotatable bonds is 4. The number of carbonyl (C=O) groups is 2. The zero-order chi connectivity index (χ0) is 13.1. The topological polar surface area (TPSA) is 98.2 Å². The Bertz CT molecular complexity index is 338. The molecule has 2 amide bonds.